The Balaban J connectivity index is 2.39. The zero-order valence-corrected chi connectivity index (χ0v) is 17.0. The molecule has 1 amide bonds. The molecule has 0 aliphatic carbocycles. The van der Waals surface area contributed by atoms with Crippen LogP contribution in [0.25, 0.3) is 0 Å². The van der Waals surface area contributed by atoms with E-state index in [0.717, 1.165) is 23.1 Å². The number of amides is 1. The summed E-state index contributed by atoms with van der Waals surface area (Å²) >= 11 is 0. The third-order valence-electron chi connectivity index (χ3n) is 3.98. The number of carbonyl (C=O) groups excluding carboxylic acids is 1. The van der Waals surface area contributed by atoms with Crippen LogP contribution in [0, 0.1) is 5.92 Å². The molecule has 146 valence electrons. The van der Waals surface area contributed by atoms with E-state index in [4.69, 9.17) is 0 Å². The Bertz CT molecular complexity index is 821. The monoisotopic (exact) mass is 403 g/mol. The average molecular weight is 404 g/mol. The lowest BCUT2D eigenvalue weighted by Crippen LogP contribution is -2.50. The molecule has 1 aromatic rings. The standard InChI is InChI=1S/C16H25N3O5S2/c1-13(2)10-15-16(20)18(19(25(3,21)22)26(4,23)24)12-17(15)11-14-8-6-5-7-9-14/h5-9,13,15H,10-12H2,1-4H3. The minimum absolute atomic E-state index is 0.106. The fourth-order valence-electron chi connectivity index (χ4n) is 3.08. The van der Waals surface area contributed by atoms with Crippen molar-refractivity contribution in [2.24, 2.45) is 5.92 Å². The van der Waals surface area contributed by atoms with Gasteiger partial charge in [0, 0.05) is 10.4 Å². The second-order valence-corrected chi connectivity index (χ2v) is 10.8. The summed E-state index contributed by atoms with van der Waals surface area (Å²) in [6.07, 6.45) is 2.06. The van der Waals surface area contributed by atoms with Gasteiger partial charge in [-0.25, -0.2) is 21.8 Å². The second-order valence-electron chi connectivity index (χ2n) is 6.96. The Morgan fingerprint density at radius 3 is 2.08 bits per heavy atom. The van der Waals surface area contributed by atoms with Crippen molar-refractivity contribution in [3.63, 3.8) is 0 Å². The quantitative estimate of drug-likeness (QED) is 0.669. The van der Waals surface area contributed by atoms with Crippen LogP contribution in [0.3, 0.4) is 0 Å². The molecule has 1 saturated heterocycles. The van der Waals surface area contributed by atoms with E-state index in [0.29, 0.717) is 13.0 Å². The van der Waals surface area contributed by atoms with Gasteiger partial charge in [0.1, 0.15) is 0 Å². The number of hydrogen-bond acceptors (Lipinski definition) is 6. The molecule has 0 saturated carbocycles. The van der Waals surface area contributed by atoms with Crippen LogP contribution in [0.4, 0.5) is 0 Å². The van der Waals surface area contributed by atoms with Gasteiger partial charge in [0.25, 0.3) is 5.91 Å². The smallest absolute Gasteiger partial charge is 0.257 e. The van der Waals surface area contributed by atoms with Gasteiger partial charge < -0.3 is 0 Å². The maximum absolute atomic E-state index is 12.9. The molecule has 1 aromatic carbocycles. The maximum atomic E-state index is 12.9. The molecule has 1 heterocycles. The number of carbonyl (C=O) groups is 1. The summed E-state index contributed by atoms with van der Waals surface area (Å²) in [6, 6.07) is 8.87. The molecule has 1 aliphatic rings. The highest BCUT2D eigenvalue weighted by Gasteiger charge is 2.47. The molecule has 1 fully saturated rings. The lowest BCUT2D eigenvalue weighted by atomic mass is 10.0. The highest BCUT2D eigenvalue weighted by atomic mass is 32.3. The zero-order chi connectivity index (χ0) is 19.7. The fraction of sp³-hybridized carbons (Fsp3) is 0.562. The first-order valence-corrected chi connectivity index (χ1v) is 11.9. The summed E-state index contributed by atoms with van der Waals surface area (Å²) in [5, 5.41) is 0.820. The molecule has 0 aromatic heterocycles. The van der Waals surface area contributed by atoms with Gasteiger partial charge in [-0.05, 0) is 17.9 Å². The Hall–Kier alpha value is -1.49. The van der Waals surface area contributed by atoms with Gasteiger partial charge >= 0.3 is 0 Å². The van der Waals surface area contributed by atoms with Gasteiger partial charge in [-0.15, -0.1) is 0 Å². The SMILES string of the molecule is CC(C)CC1C(=O)N(N(S(C)(=O)=O)S(C)(=O)=O)CN1Cc1ccccc1. The molecule has 0 spiro atoms. The zero-order valence-electron chi connectivity index (χ0n) is 15.4. The average Bonchev–Trinajstić information content (AvgIpc) is 2.74. The first kappa shape index (κ1) is 20.8. The normalized spacial score (nSPS) is 19.7. The van der Waals surface area contributed by atoms with Crippen LogP contribution in [-0.2, 0) is 31.4 Å². The summed E-state index contributed by atoms with van der Waals surface area (Å²) in [5.74, 6) is -0.336. The van der Waals surface area contributed by atoms with Crippen molar-refractivity contribution < 1.29 is 21.6 Å². The van der Waals surface area contributed by atoms with Crippen molar-refractivity contribution in [3.8, 4) is 0 Å². The van der Waals surface area contributed by atoms with Gasteiger partial charge in [0.2, 0.25) is 20.0 Å². The van der Waals surface area contributed by atoms with Crippen molar-refractivity contribution >= 4 is 26.0 Å². The topological polar surface area (TPSA) is 95.1 Å². The Morgan fingerprint density at radius 2 is 1.62 bits per heavy atom. The molecule has 1 aliphatic heterocycles. The number of sulfonamides is 2. The Labute approximate surface area is 155 Å². The number of rotatable bonds is 7. The number of benzene rings is 1. The summed E-state index contributed by atoms with van der Waals surface area (Å²) in [5.41, 5.74) is 0.959. The van der Waals surface area contributed by atoms with E-state index in [2.05, 4.69) is 0 Å². The summed E-state index contributed by atoms with van der Waals surface area (Å²) < 4.78 is 48.4. The first-order valence-electron chi connectivity index (χ1n) is 8.21. The minimum atomic E-state index is -4.16. The van der Waals surface area contributed by atoms with Gasteiger partial charge in [0.15, 0.2) is 0 Å². The minimum Gasteiger partial charge on any atom is -0.271 e. The van der Waals surface area contributed by atoms with Crippen LogP contribution in [0.1, 0.15) is 25.8 Å². The number of nitrogens with zero attached hydrogens (tertiary/aromatic N) is 3. The number of hydrazine groups is 1. The highest BCUT2D eigenvalue weighted by molar-refractivity contribution is 8.03. The van der Waals surface area contributed by atoms with Crippen LogP contribution < -0.4 is 0 Å². The second kappa shape index (κ2) is 7.63. The molecule has 2 rings (SSSR count). The van der Waals surface area contributed by atoms with E-state index in [1.54, 1.807) is 4.90 Å². The lowest BCUT2D eigenvalue weighted by molar-refractivity contribution is -0.134. The highest BCUT2D eigenvalue weighted by Crippen LogP contribution is 2.27. The molecule has 26 heavy (non-hydrogen) atoms. The first-order chi connectivity index (χ1) is 11.9. The molecule has 0 bridgehead atoms. The van der Waals surface area contributed by atoms with E-state index < -0.39 is 32.0 Å². The fourth-order valence-corrected chi connectivity index (χ4v) is 6.03. The maximum Gasteiger partial charge on any atom is 0.257 e. The largest absolute Gasteiger partial charge is 0.271 e. The number of hydrogen-bond donors (Lipinski definition) is 0. The van der Waals surface area contributed by atoms with Crippen LogP contribution in [0.15, 0.2) is 30.3 Å². The van der Waals surface area contributed by atoms with Crippen molar-refractivity contribution in [2.45, 2.75) is 32.9 Å². The van der Waals surface area contributed by atoms with Crippen molar-refractivity contribution in [1.82, 2.24) is 13.7 Å². The van der Waals surface area contributed by atoms with E-state index in [-0.39, 0.29) is 16.4 Å². The van der Waals surface area contributed by atoms with Gasteiger partial charge in [-0.2, -0.15) is 0 Å². The molecule has 10 heteroatoms. The predicted octanol–water partition coefficient (Wildman–Crippen LogP) is 0.839. The van der Waals surface area contributed by atoms with Gasteiger partial charge in [-0.3, -0.25) is 9.69 Å². The molecular weight excluding hydrogens is 378 g/mol. The third kappa shape index (κ3) is 4.81. The molecule has 8 nitrogen and oxygen atoms in total. The van der Waals surface area contributed by atoms with Crippen molar-refractivity contribution in [3.05, 3.63) is 35.9 Å². The van der Waals surface area contributed by atoms with E-state index in [9.17, 15) is 21.6 Å². The summed E-state index contributed by atoms with van der Waals surface area (Å²) in [7, 11) is -8.33. The van der Waals surface area contributed by atoms with E-state index in [1.165, 1.54) is 0 Å². The molecule has 0 N–H and O–H groups in total. The molecule has 1 unspecified atom stereocenters. The summed E-state index contributed by atoms with van der Waals surface area (Å²) in [4.78, 5) is 14.7. The predicted molar refractivity (Wildman–Crippen MR) is 98.5 cm³/mol. The Kier molecular flexibility index (Phi) is 6.11. The van der Waals surface area contributed by atoms with Crippen LogP contribution in [0.5, 0.6) is 0 Å². The van der Waals surface area contributed by atoms with Crippen molar-refractivity contribution in [2.75, 3.05) is 19.2 Å². The third-order valence-corrected chi connectivity index (χ3v) is 7.14. The van der Waals surface area contributed by atoms with Crippen LogP contribution >= 0.6 is 0 Å². The Morgan fingerprint density at radius 1 is 1.08 bits per heavy atom. The van der Waals surface area contributed by atoms with Gasteiger partial charge in [0.05, 0.1) is 25.2 Å². The molecule has 1 atom stereocenters. The van der Waals surface area contributed by atoms with Crippen LogP contribution in [-0.4, -0.2) is 61.7 Å². The van der Waals surface area contributed by atoms with Crippen molar-refractivity contribution in [1.29, 1.82) is 0 Å². The lowest BCUT2D eigenvalue weighted by Gasteiger charge is -2.27. The van der Waals surface area contributed by atoms with Crippen LogP contribution in [0.2, 0.25) is 0 Å². The van der Waals surface area contributed by atoms with Gasteiger partial charge in [-0.1, -0.05) is 44.2 Å². The summed E-state index contributed by atoms with van der Waals surface area (Å²) in [6.45, 7) is 4.23. The van der Waals surface area contributed by atoms with E-state index in [1.807, 2.05) is 44.2 Å². The molecule has 0 radical (unpaired) electrons. The van der Waals surface area contributed by atoms with E-state index >= 15 is 0 Å². The molecular formula is C16H25N3O5S2.